The van der Waals surface area contributed by atoms with Crippen LogP contribution in [0.5, 0.6) is 0 Å². The minimum Gasteiger partial charge on any atom is -0.459 e. The zero-order valence-electron chi connectivity index (χ0n) is 23.8. The van der Waals surface area contributed by atoms with Crippen LogP contribution >= 0.6 is 0 Å². The molecule has 36 heavy (non-hydrogen) atoms. The highest BCUT2D eigenvalue weighted by molar-refractivity contribution is 5.89. The largest absolute Gasteiger partial charge is 0.459 e. The summed E-state index contributed by atoms with van der Waals surface area (Å²) in [6.07, 6.45) is 16.3. The normalized spacial score (nSPS) is 40.7. The third-order valence-electron chi connectivity index (χ3n) is 12.1. The second-order valence-corrected chi connectivity index (χ2v) is 14.4. The van der Waals surface area contributed by atoms with E-state index in [1.54, 1.807) is 0 Å². The Morgan fingerprint density at radius 2 is 1.61 bits per heavy atom. The van der Waals surface area contributed by atoms with E-state index in [0.717, 1.165) is 54.3 Å². The van der Waals surface area contributed by atoms with Gasteiger partial charge in [-0.05, 0) is 122 Å². The van der Waals surface area contributed by atoms with Gasteiger partial charge in [0.05, 0.1) is 5.56 Å². The first-order valence-corrected chi connectivity index (χ1v) is 15.5. The van der Waals surface area contributed by atoms with Crippen LogP contribution in [0, 0.1) is 52.3 Å². The highest BCUT2D eigenvalue weighted by Crippen LogP contribution is 2.68. The summed E-state index contributed by atoms with van der Waals surface area (Å²) in [7, 11) is 0. The van der Waals surface area contributed by atoms with Gasteiger partial charge in [-0.3, -0.25) is 0 Å². The molecule has 0 aliphatic heterocycles. The number of hydrogen-bond acceptors (Lipinski definition) is 2. The fourth-order valence-corrected chi connectivity index (χ4v) is 10.1. The van der Waals surface area contributed by atoms with Crippen LogP contribution in [0.3, 0.4) is 0 Å². The van der Waals surface area contributed by atoms with Gasteiger partial charge in [-0.2, -0.15) is 0 Å². The van der Waals surface area contributed by atoms with E-state index in [2.05, 4.69) is 34.6 Å². The summed E-state index contributed by atoms with van der Waals surface area (Å²) in [5.41, 5.74) is 1.71. The van der Waals surface area contributed by atoms with Gasteiger partial charge in [0.25, 0.3) is 0 Å². The SMILES string of the molecule is CC(C)CCC[C@H](C)[C@H]1CC[C@H]2[C@@H]3CC[C@H]4C[C@@H](OC(=O)c5ccccc5)CC[C@]4(C)[C@H]3CC[C@]12C. The van der Waals surface area contributed by atoms with Gasteiger partial charge >= 0.3 is 5.97 Å². The number of benzene rings is 1. The first kappa shape index (κ1) is 26.3. The van der Waals surface area contributed by atoms with Crippen LogP contribution in [-0.2, 0) is 4.74 Å². The molecule has 0 radical (unpaired) electrons. The summed E-state index contributed by atoms with van der Waals surface area (Å²) in [6.45, 7) is 12.7. The third kappa shape index (κ3) is 4.80. The summed E-state index contributed by atoms with van der Waals surface area (Å²) in [5, 5.41) is 0. The molecule has 2 heteroatoms. The Morgan fingerprint density at radius 1 is 0.889 bits per heavy atom. The first-order chi connectivity index (χ1) is 17.2. The maximum Gasteiger partial charge on any atom is 0.338 e. The predicted molar refractivity (Wildman–Crippen MR) is 149 cm³/mol. The maximum atomic E-state index is 12.7. The van der Waals surface area contributed by atoms with Gasteiger partial charge in [0.15, 0.2) is 0 Å². The summed E-state index contributed by atoms with van der Waals surface area (Å²) in [5.74, 6) is 6.01. The van der Waals surface area contributed by atoms with Crippen molar-refractivity contribution >= 4 is 5.97 Å². The molecule has 1 aromatic rings. The molecule has 4 aliphatic carbocycles. The zero-order valence-corrected chi connectivity index (χ0v) is 23.8. The molecular formula is C34H52O2. The molecule has 1 aromatic carbocycles. The van der Waals surface area contributed by atoms with E-state index in [0.29, 0.717) is 16.4 Å². The van der Waals surface area contributed by atoms with Crippen molar-refractivity contribution in [3.05, 3.63) is 35.9 Å². The van der Waals surface area contributed by atoms with Crippen molar-refractivity contribution in [1.29, 1.82) is 0 Å². The molecule has 4 aliphatic rings. The first-order valence-electron chi connectivity index (χ1n) is 15.5. The summed E-state index contributed by atoms with van der Waals surface area (Å²) < 4.78 is 6.04. The number of esters is 1. The molecule has 0 aromatic heterocycles. The molecule has 0 spiro atoms. The van der Waals surface area contributed by atoms with Crippen LogP contribution in [0.4, 0.5) is 0 Å². The van der Waals surface area contributed by atoms with Crippen molar-refractivity contribution in [2.75, 3.05) is 0 Å². The topological polar surface area (TPSA) is 26.3 Å². The number of rotatable bonds is 7. The van der Waals surface area contributed by atoms with E-state index in [-0.39, 0.29) is 12.1 Å². The third-order valence-corrected chi connectivity index (χ3v) is 12.1. The Morgan fingerprint density at radius 3 is 2.36 bits per heavy atom. The van der Waals surface area contributed by atoms with Crippen LogP contribution in [0.1, 0.15) is 122 Å². The van der Waals surface area contributed by atoms with Crippen molar-refractivity contribution in [2.24, 2.45) is 52.3 Å². The number of carbonyl (C=O) groups excluding carboxylic acids is 1. The van der Waals surface area contributed by atoms with E-state index in [9.17, 15) is 4.79 Å². The van der Waals surface area contributed by atoms with Gasteiger partial charge in [-0.25, -0.2) is 4.79 Å². The standard InChI is InChI=1S/C34H52O2/c1-23(2)10-9-11-24(3)29-16-17-30-28-15-14-26-22-27(36-32(35)25-12-7-6-8-13-25)18-20-33(26,4)31(28)19-21-34(29,30)5/h6-8,12-13,23-24,26-31H,9-11,14-22H2,1-5H3/t24-,26-,27-,28-,29+,30-,31-,33-,34+/m0/s1. The van der Waals surface area contributed by atoms with E-state index in [4.69, 9.17) is 4.74 Å². The van der Waals surface area contributed by atoms with Crippen LogP contribution in [0.25, 0.3) is 0 Å². The van der Waals surface area contributed by atoms with Crippen molar-refractivity contribution in [3.8, 4) is 0 Å². The maximum absolute atomic E-state index is 12.7. The molecule has 0 amide bonds. The predicted octanol–water partition coefficient (Wildman–Crippen LogP) is 9.33. The van der Waals surface area contributed by atoms with Gasteiger partial charge in [-0.1, -0.05) is 72.1 Å². The van der Waals surface area contributed by atoms with Crippen LogP contribution in [-0.4, -0.2) is 12.1 Å². The number of carbonyl (C=O) groups is 1. The smallest absolute Gasteiger partial charge is 0.338 e. The lowest BCUT2D eigenvalue weighted by atomic mass is 9.44. The molecule has 200 valence electrons. The lowest BCUT2D eigenvalue weighted by Gasteiger charge is -2.61. The van der Waals surface area contributed by atoms with Gasteiger partial charge in [0.1, 0.15) is 6.10 Å². The summed E-state index contributed by atoms with van der Waals surface area (Å²) in [6, 6.07) is 9.55. The van der Waals surface area contributed by atoms with Crippen molar-refractivity contribution in [1.82, 2.24) is 0 Å². The molecule has 0 unspecified atom stereocenters. The Hall–Kier alpha value is -1.31. The Kier molecular flexibility index (Phi) is 7.64. The van der Waals surface area contributed by atoms with Gasteiger partial charge < -0.3 is 4.74 Å². The molecular weight excluding hydrogens is 440 g/mol. The van der Waals surface area contributed by atoms with E-state index in [1.165, 1.54) is 64.2 Å². The van der Waals surface area contributed by atoms with E-state index >= 15 is 0 Å². The molecule has 4 fully saturated rings. The van der Waals surface area contributed by atoms with Gasteiger partial charge in [-0.15, -0.1) is 0 Å². The highest BCUT2D eigenvalue weighted by Gasteiger charge is 2.60. The van der Waals surface area contributed by atoms with Crippen LogP contribution in [0.2, 0.25) is 0 Å². The molecule has 0 saturated heterocycles. The van der Waals surface area contributed by atoms with E-state index in [1.807, 2.05) is 30.3 Å². The lowest BCUT2D eigenvalue weighted by Crippen LogP contribution is -2.54. The molecule has 0 bridgehead atoms. The minimum atomic E-state index is -0.133. The molecule has 2 nitrogen and oxygen atoms in total. The number of hydrogen-bond donors (Lipinski definition) is 0. The van der Waals surface area contributed by atoms with Crippen molar-refractivity contribution in [2.45, 2.75) is 118 Å². The number of ether oxygens (including phenoxy) is 1. The lowest BCUT2D eigenvalue weighted by molar-refractivity contribution is -0.130. The molecule has 0 N–H and O–H groups in total. The molecule has 0 heterocycles. The Balaban J connectivity index is 1.22. The van der Waals surface area contributed by atoms with E-state index < -0.39 is 0 Å². The molecule has 4 saturated carbocycles. The minimum absolute atomic E-state index is 0.101. The highest BCUT2D eigenvalue weighted by atomic mass is 16.5. The number of fused-ring (bicyclic) bond motifs is 5. The summed E-state index contributed by atoms with van der Waals surface area (Å²) >= 11 is 0. The van der Waals surface area contributed by atoms with Gasteiger partial charge in [0.2, 0.25) is 0 Å². The average Bonchev–Trinajstić information content (AvgIpc) is 3.22. The summed E-state index contributed by atoms with van der Waals surface area (Å²) in [4.78, 5) is 12.7. The van der Waals surface area contributed by atoms with Crippen LogP contribution < -0.4 is 0 Å². The zero-order chi connectivity index (χ0) is 25.5. The Labute approximate surface area is 221 Å². The monoisotopic (exact) mass is 492 g/mol. The second kappa shape index (κ2) is 10.5. The fraction of sp³-hybridized carbons (Fsp3) is 0.794. The van der Waals surface area contributed by atoms with Crippen molar-refractivity contribution in [3.63, 3.8) is 0 Å². The second-order valence-electron chi connectivity index (χ2n) is 14.4. The average molecular weight is 493 g/mol. The van der Waals surface area contributed by atoms with Crippen LogP contribution in [0.15, 0.2) is 30.3 Å². The quantitative estimate of drug-likeness (QED) is 0.354. The molecule has 9 atom stereocenters. The van der Waals surface area contributed by atoms with Gasteiger partial charge in [0, 0.05) is 0 Å². The van der Waals surface area contributed by atoms with Crippen molar-refractivity contribution < 1.29 is 9.53 Å². The molecule has 5 rings (SSSR count). The Bertz CT molecular complexity index is 892. The fourth-order valence-electron chi connectivity index (χ4n) is 10.1.